The molecular weight excluding hydrogens is 435 g/mol. The molecule has 29 heavy (non-hydrogen) atoms. The number of rotatable bonds is 8. The van der Waals surface area contributed by atoms with E-state index in [2.05, 4.69) is 10.5 Å². The molecule has 6 nitrogen and oxygen atoms in total. The number of thioether (sulfide) groups is 1. The number of methoxy groups -OCH3 is 2. The van der Waals surface area contributed by atoms with Crippen LogP contribution in [-0.2, 0) is 10.5 Å². The number of carbonyl (C=O) groups is 1. The predicted octanol–water partition coefficient (Wildman–Crippen LogP) is 5.54. The first-order chi connectivity index (χ1) is 14.0. The maximum atomic E-state index is 12.3. The molecule has 0 fully saturated rings. The summed E-state index contributed by atoms with van der Waals surface area (Å²) in [5.74, 6) is 2.39. The molecule has 0 spiro atoms. The fourth-order valence-corrected chi connectivity index (χ4v) is 3.75. The fraction of sp³-hybridized carbons (Fsp3) is 0.200. The third kappa shape index (κ3) is 5.59. The first-order valence-electron chi connectivity index (χ1n) is 8.51. The highest BCUT2D eigenvalue weighted by molar-refractivity contribution is 7.99. The number of hydrogen-bond donors (Lipinski definition) is 1. The molecule has 1 heterocycles. The number of aromatic nitrogens is 1. The number of carbonyl (C=O) groups excluding carboxylic acids is 1. The number of ether oxygens (including phenoxy) is 2. The van der Waals surface area contributed by atoms with Crippen molar-refractivity contribution in [2.45, 2.75) is 5.75 Å². The maximum absolute atomic E-state index is 12.3. The Morgan fingerprint density at radius 3 is 2.69 bits per heavy atom. The van der Waals surface area contributed by atoms with Crippen LogP contribution in [0.5, 0.6) is 11.5 Å². The van der Waals surface area contributed by atoms with E-state index in [9.17, 15) is 4.79 Å². The van der Waals surface area contributed by atoms with E-state index < -0.39 is 0 Å². The highest BCUT2D eigenvalue weighted by Crippen LogP contribution is 2.31. The van der Waals surface area contributed by atoms with Gasteiger partial charge in [-0.3, -0.25) is 4.79 Å². The summed E-state index contributed by atoms with van der Waals surface area (Å²) in [5, 5.41) is 7.91. The van der Waals surface area contributed by atoms with Gasteiger partial charge in [-0.05, 0) is 30.3 Å². The summed E-state index contributed by atoms with van der Waals surface area (Å²) in [4.78, 5) is 12.3. The zero-order valence-electron chi connectivity index (χ0n) is 15.7. The standard InChI is InChI=1S/C20H18Cl2N2O4S/c1-26-13-4-6-19(27-2)18(8-13)23-20(25)11-29-10-14-9-17(24-28-14)15-5-3-12(21)7-16(15)22/h3-9H,10-11H2,1-2H3,(H,23,25). The molecule has 1 amide bonds. The Bertz CT molecular complexity index is 1010. The molecule has 1 aromatic heterocycles. The average Bonchev–Trinajstić information content (AvgIpc) is 3.16. The molecule has 0 radical (unpaired) electrons. The normalized spacial score (nSPS) is 10.6. The van der Waals surface area contributed by atoms with Crippen LogP contribution in [0.2, 0.25) is 10.0 Å². The smallest absolute Gasteiger partial charge is 0.234 e. The molecule has 3 rings (SSSR count). The maximum Gasteiger partial charge on any atom is 0.234 e. The second kappa shape index (κ2) is 9.91. The van der Waals surface area contributed by atoms with Crippen LogP contribution in [0.3, 0.4) is 0 Å². The molecule has 0 saturated heterocycles. The average molecular weight is 453 g/mol. The molecule has 1 N–H and O–H groups in total. The minimum absolute atomic E-state index is 0.165. The first kappa shape index (κ1) is 21.4. The number of anilines is 1. The summed E-state index contributed by atoms with van der Waals surface area (Å²) in [5.41, 5.74) is 1.91. The van der Waals surface area contributed by atoms with Crippen LogP contribution >= 0.6 is 35.0 Å². The Morgan fingerprint density at radius 2 is 1.97 bits per heavy atom. The molecule has 0 aliphatic rings. The summed E-state index contributed by atoms with van der Waals surface area (Å²) in [6.07, 6.45) is 0. The van der Waals surface area contributed by atoms with Crippen molar-refractivity contribution in [3.05, 3.63) is 58.3 Å². The first-order valence-corrected chi connectivity index (χ1v) is 10.4. The molecule has 0 aliphatic heterocycles. The summed E-state index contributed by atoms with van der Waals surface area (Å²) in [7, 11) is 3.10. The number of benzene rings is 2. The van der Waals surface area contributed by atoms with E-state index in [1.807, 2.05) is 0 Å². The minimum Gasteiger partial charge on any atom is -0.497 e. The third-order valence-electron chi connectivity index (χ3n) is 3.92. The lowest BCUT2D eigenvalue weighted by Gasteiger charge is -2.11. The van der Waals surface area contributed by atoms with E-state index in [1.54, 1.807) is 56.7 Å². The molecule has 0 aliphatic carbocycles. The van der Waals surface area contributed by atoms with E-state index >= 15 is 0 Å². The monoisotopic (exact) mass is 452 g/mol. The van der Waals surface area contributed by atoms with Gasteiger partial charge in [0.2, 0.25) is 5.91 Å². The lowest BCUT2D eigenvalue weighted by molar-refractivity contribution is -0.113. The molecule has 0 atom stereocenters. The summed E-state index contributed by atoms with van der Waals surface area (Å²) in [6.45, 7) is 0. The predicted molar refractivity (Wildman–Crippen MR) is 116 cm³/mol. The van der Waals surface area contributed by atoms with E-state index in [0.717, 1.165) is 5.56 Å². The lowest BCUT2D eigenvalue weighted by atomic mass is 10.1. The van der Waals surface area contributed by atoms with Gasteiger partial charge in [-0.2, -0.15) is 0 Å². The minimum atomic E-state index is -0.165. The van der Waals surface area contributed by atoms with Gasteiger partial charge in [0.25, 0.3) is 0 Å². The van der Waals surface area contributed by atoms with Crippen molar-refractivity contribution in [3.63, 3.8) is 0 Å². The molecule has 0 unspecified atom stereocenters. The van der Waals surface area contributed by atoms with E-state index in [0.29, 0.717) is 44.4 Å². The van der Waals surface area contributed by atoms with Crippen LogP contribution in [0.15, 0.2) is 47.0 Å². The zero-order chi connectivity index (χ0) is 20.8. The van der Waals surface area contributed by atoms with Gasteiger partial charge in [0, 0.05) is 22.7 Å². The van der Waals surface area contributed by atoms with Crippen LogP contribution < -0.4 is 14.8 Å². The van der Waals surface area contributed by atoms with E-state index in [-0.39, 0.29) is 11.7 Å². The number of halogens is 2. The molecule has 0 bridgehead atoms. The highest BCUT2D eigenvalue weighted by Gasteiger charge is 2.13. The number of amides is 1. The summed E-state index contributed by atoms with van der Waals surface area (Å²) >= 11 is 13.5. The van der Waals surface area contributed by atoms with Crippen molar-refractivity contribution < 1.29 is 18.8 Å². The van der Waals surface area contributed by atoms with Gasteiger partial charge in [-0.1, -0.05) is 28.4 Å². The van der Waals surface area contributed by atoms with Crippen LogP contribution in [-0.4, -0.2) is 31.0 Å². The van der Waals surface area contributed by atoms with E-state index in [1.165, 1.54) is 11.8 Å². The SMILES string of the molecule is COc1ccc(OC)c(NC(=O)CSCc2cc(-c3ccc(Cl)cc3Cl)no2)c1. The van der Waals surface area contributed by atoms with Crippen molar-refractivity contribution >= 4 is 46.6 Å². The molecular formula is C20H18Cl2N2O4S. The van der Waals surface area contributed by atoms with Crippen LogP contribution in [0.1, 0.15) is 5.76 Å². The molecule has 152 valence electrons. The van der Waals surface area contributed by atoms with Crippen molar-refractivity contribution in [2.75, 3.05) is 25.3 Å². The van der Waals surface area contributed by atoms with Crippen molar-refractivity contribution in [2.24, 2.45) is 0 Å². The highest BCUT2D eigenvalue weighted by atomic mass is 35.5. The van der Waals surface area contributed by atoms with Gasteiger partial charge in [-0.25, -0.2) is 0 Å². The molecule has 3 aromatic rings. The van der Waals surface area contributed by atoms with E-state index in [4.69, 9.17) is 37.2 Å². The van der Waals surface area contributed by atoms with Crippen LogP contribution in [0, 0.1) is 0 Å². The summed E-state index contributed by atoms with van der Waals surface area (Å²) in [6, 6.07) is 12.2. The van der Waals surface area contributed by atoms with Gasteiger partial charge in [0.15, 0.2) is 0 Å². The third-order valence-corrected chi connectivity index (χ3v) is 5.43. The topological polar surface area (TPSA) is 73.6 Å². The Labute approximate surface area is 182 Å². The lowest BCUT2D eigenvalue weighted by Crippen LogP contribution is -2.15. The Balaban J connectivity index is 1.55. The second-order valence-electron chi connectivity index (χ2n) is 5.91. The molecule has 0 saturated carbocycles. The fourth-order valence-electron chi connectivity index (χ4n) is 2.55. The molecule has 9 heteroatoms. The summed E-state index contributed by atoms with van der Waals surface area (Å²) < 4.78 is 15.8. The quantitative estimate of drug-likeness (QED) is 0.483. The van der Waals surface area contributed by atoms with Crippen molar-refractivity contribution in [1.29, 1.82) is 0 Å². The van der Waals surface area contributed by atoms with Gasteiger partial charge < -0.3 is 19.3 Å². The van der Waals surface area contributed by atoms with Gasteiger partial charge in [0.05, 0.1) is 36.4 Å². The van der Waals surface area contributed by atoms with Gasteiger partial charge in [0.1, 0.15) is 23.0 Å². The Morgan fingerprint density at radius 1 is 1.14 bits per heavy atom. The van der Waals surface area contributed by atoms with Crippen molar-refractivity contribution in [3.8, 4) is 22.8 Å². The second-order valence-corrected chi connectivity index (χ2v) is 7.74. The largest absolute Gasteiger partial charge is 0.497 e. The Hall–Kier alpha value is -2.35. The van der Waals surface area contributed by atoms with Crippen LogP contribution in [0.4, 0.5) is 5.69 Å². The number of nitrogens with one attached hydrogen (secondary N) is 1. The zero-order valence-corrected chi connectivity index (χ0v) is 18.0. The van der Waals surface area contributed by atoms with Crippen LogP contribution in [0.25, 0.3) is 11.3 Å². The van der Waals surface area contributed by atoms with Gasteiger partial charge >= 0.3 is 0 Å². The Kier molecular flexibility index (Phi) is 7.30. The number of nitrogens with zero attached hydrogens (tertiary/aromatic N) is 1. The molecule has 2 aromatic carbocycles. The number of hydrogen-bond acceptors (Lipinski definition) is 6. The van der Waals surface area contributed by atoms with Crippen molar-refractivity contribution in [1.82, 2.24) is 5.16 Å². The van der Waals surface area contributed by atoms with Gasteiger partial charge in [-0.15, -0.1) is 11.8 Å².